The summed E-state index contributed by atoms with van der Waals surface area (Å²) in [5, 5.41) is 12.8. The molecule has 0 bridgehead atoms. The molecule has 0 unspecified atom stereocenters. The van der Waals surface area contributed by atoms with E-state index < -0.39 is 0 Å². The Morgan fingerprint density at radius 2 is 2.04 bits per heavy atom. The summed E-state index contributed by atoms with van der Waals surface area (Å²) in [6.45, 7) is 0. The molecule has 4 heterocycles. The van der Waals surface area contributed by atoms with Crippen molar-refractivity contribution in [3.8, 4) is 22.6 Å². The summed E-state index contributed by atoms with van der Waals surface area (Å²) >= 11 is 1.53. The third-order valence-corrected chi connectivity index (χ3v) is 5.71. The molecule has 132 valence electrons. The number of nitrogens with zero attached hydrogens (tertiary/aromatic N) is 7. The highest BCUT2D eigenvalue weighted by molar-refractivity contribution is 7.14. The molecule has 0 N–H and O–H groups in total. The van der Waals surface area contributed by atoms with Crippen LogP contribution in [0.2, 0.25) is 0 Å². The van der Waals surface area contributed by atoms with E-state index in [1.165, 1.54) is 24.2 Å². The zero-order valence-corrected chi connectivity index (χ0v) is 15.4. The number of hydrogen-bond acceptors (Lipinski definition) is 6. The smallest absolute Gasteiger partial charge is 0.213 e. The van der Waals surface area contributed by atoms with Crippen LogP contribution in [0.15, 0.2) is 41.9 Å². The molecule has 1 aromatic carbocycles. The number of benzene rings is 1. The summed E-state index contributed by atoms with van der Waals surface area (Å²) in [7, 11) is 1.90. The Bertz CT molecular complexity index is 1310. The number of aryl methyl sites for hydroxylation is 1. The van der Waals surface area contributed by atoms with Crippen LogP contribution in [0.4, 0.5) is 0 Å². The van der Waals surface area contributed by atoms with Gasteiger partial charge in [-0.3, -0.25) is 4.98 Å². The number of aromatic nitrogens is 7. The molecule has 1 aliphatic carbocycles. The quantitative estimate of drug-likeness (QED) is 0.482. The van der Waals surface area contributed by atoms with Gasteiger partial charge in [0.1, 0.15) is 22.4 Å². The lowest BCUT2D eigenvalue weighted by Crippen LogP contribution is -1.95. The van der Waals surface area contributed by atoms with E-state index in [0.717, 1.165) is 44.3 Å². The largest absolute Gasteiger partial charge is 0.251 e. The first-order chi connectivity index (χ1) is 13.3. The van der Waals surface area contributed by atoms with Crippen molar-refractivity contribution in [2.24, 2.45) is 7.05 Å². The van der Waals surface area contributed by atoms with E-state index in [1.807, 2.05) is 35.3 Å². The van der Waals surface area contributed by atoms with Gasteiger partial charge in [-0.25, -0.2) is 14.2 Å². The number of rotatable bonds is 3. The van der Waals surface area contributed by atoms with Crippen LogP contribution in [0, 0.1) is 0 Å². The highest BCUT2D eigenvalue weighted by Crippen LogP contribution is 2.40. The molecule has 27 heavy (non-hydrogen) atoms. The Kier molecular flexibility index (Phi) is 3.01. The molecule has 5 aromatic rings. The molecule has 0 saturated heterocycles. The minimum atomic E-state index is 0.604. The van der Waals surface area contributed by atoms with Gasteiger partial charge in [0, 0.05) is 24.2 Å². The van der Waals surface area contributed by atoms with Crippen LogP contribution in [0.5, 0.6) is 0 Å². The molecular formula is C19H15N7S. The van der Waals surface area contributed by atoms with E-state index in [2.05, 4.69) is 33.6 Å². The Hall–Kier alpha value is -3.13. The molecule has 6 rings (SSSR count). The van der Waals surface area contributed by atoms with Crippen molar-refractivity contribution in [2.75, 3.05) is 0 Å². The highest BCUT2D eigenvalue weighted by Gasteiger charge is 2.26. The maximum Gasteiger partial charge on any atom is 0.213 e. The van der Waals surface area contributed by atoms with E-state index in [-0.39, 0.29) is 0 Å². The highest BCUT2D eigenvalue weighted by atomic mass is 32.1. The SMILES string of the molecule is Cn1nnc2ccc(-c3c(-c4cccc(C5CC5)n4)nc4scnn34)cc21. The number of hydrogen-bond donors (Lipinski definition) is 0. The molecule has 7 nitrogen and oxygen atoms in total. The van der Waals surface area contributed by atoms with E-state index in [4.69, 9.17) is 9.97 Å². The van der Waals surface area contributed by atoms with Crippen molar-refractivity contribution >= 4 is 27.3 Å². The summed E-state index contributed by atoms with van der Waals surface area (Å²) in [5.74, 6) is 0.604. The fourth-order valence-corrected chi connectivity index (χ4v) is 4.12. The van der Waals surface area contributed by atoms with E-state index in [1.54, 1.807) is 4.68 Å². The average Bonchev–Trinajstić information content (AvgIpc) is 3.19. The van der Waals surface area contributed by atoms with Crippen molar-refractivity contribution in [3.05, 3.63) is 47.6 Å². The van der Waals surface area contributed by atoms with Gasteiger partial charge in [-0.05, 0) is 37.1 Å². The molecule has 0 atom stereocenters. The third kappa shape index (κ3) is 2.30. The second kappa shape index (κ2) is 5.43. The third-order valence-electron chi connectivity index (χ3n) is 5.04. The number of pyridine rings is 1. The monoisotopic (exact) mass is 373 g/mol. The predicted molar refractivity (Wildman–Crippen MR) is 104 cm³/mol. The van der Waals surface area contributed by atoms with Crippen LogP contribution in [0.1, 0.15) is 24.5 Å². The molecule has 0 aliphatic heterocycles. The van der Waals surface area contributed by atoms with Crippen molar-refractivity contribution < 1.29 is 0 Å². The molecule has 0 amide bonds. The van der Waals surface area contributed by atoms with Crippen molar-refractivity contribution in [3.63, 3.8) is 0 Å². The second-order valence-corrected chi connectivity index (χ2v) is 7.69. The van der Waals surface area contributed by atoms with Crippen LogP contribution in [0.25, 0.3) is 38.6 Å². The number of imidazole rings is 1. The molecule has 4 aromatic heterocycles. The van der Waals surface area contributed by atoms with Gasteiger partial charge in [0.25, 0.3) is 0 Å². The van der Waals surface area contributed by atoms with Gasteiger partial charge in [0.2, 0.25) is 4.96 Å². The van der Waals surface area contributed by atoms with Crippen LogP contribution >= 0.6 is 11.3 Å². The zero-order valence-electron chi connectivity index (χ0n) is 14.6. The normalized spacial score (nSPS) is 14.4. The minimum absolute atomic E-state index is 0.604. The summed E-state index contributed by atoms with van der Waals surface area (Å²) < 4.78 is 3.68. The first kappa shape index (κ1) is 15.0. The molecule has 1 saturated carbocycles. The van der Waals surface area contributed by atoms with E-state index >= 15 is 0 Å². The van der Waals surface area contributed by atoms with Crippen molar-refractivity contribution in [1.29, 1.82) is 0 Å². The minimum Gasteiger partial charge on any atom is -0.251 e. The molecule has 0 radical (unpaired) electrons. The Labute approximate surface area is 158 Å². The topological polar surface area (TPSA) is 73.8 Å². The maximum atomic E-state index is 4.91. The van der Waals surface area contributed by atoms with E-state index in [0.29, 0.717) is 5.92 Å². The Morgan fingerprint density at radius 3 is 2.93 bits per heavy atom. The summed E-state index contributed by atoms with van der Waals surface area (Å²) in [6.07, 6.45) is 2.46. The van der Waals surface area contributed by atoms with Crippen molar-refractivity contribution in [2.45, 2.75) is 18.8 Å². The lowest BCUT2D eigenvalue weighted by Gasteiger charge is -2.06. The second-order valence-electron chi connectivity index (χ2n) is 6.88. The standard InChI is InChI=1S/C19H15N7S/c1-25-16-9-12(7-8-14(16)23-24-25)18-17(22-19-26(18)20-10-27-19)15-4-2-3-13(21-15)11-5-6-11/h2-4,7-11H,5-6H2,1H3. The van der Waals surface area contributed by atoms with E-state index in [9.17, 15) is 0 Å². The van der Waals surface area contributed by atoms with Gasteiger partial charge >= 0.3 is 0 Å². The van der Waals surface area contributed by atoms with Crippen LogP contribution in [-0.2, 0) is 7.05 Å². The van der Waals surface area contributed by atoms with Gasteiger partial charge in [-0.2, -0.15) is 5.10 Å². The fraction of sp³-hybridized carbons (Fsp3) is 0.211. The molecule has 8 heteroatoms. The summed E-state index contributed by atoms with van der Waals surface area (Å²) in [4.78, 5) is 10.6. The number of fused-ring (bicyclic) bond motifs is 2. The van der Waals surface area contributed by atoms with Gasteiger partial charge in [-0.15, -0.1) is 5.10 Å². The Morgan fingerprint density at radius 1 is 1.11 bits per heavy atom. The van der Waals surface area contributed by atoms with Crippen LogP contribution in [-0.4, -0.2) is 34.6 Å². The zero-order chi connectivity index (χ0) is 18.0. The molecule has 0 spiro atoms. The lowest BCUT2D eigenvalue weighted by molar-refractivity contribution is 0.736. The Balaban J connectivity index is 1.61. The summed E-state index contributed by atoms with van der Waals surface area (Å²) in [5.41, 5.74) is 8.57. The first-order valence-corrected chi connectivity index (χ1v) is 9.75. The molecular weight excluding hydrogens is 358 g/mol. The van der Waals surface area contributed by atoms with Crippen LogP contribution in [0.3, 0.4) is 0 Å². The van der Waals surface area contributed by atoms with Gasteiger partial charge in [0.15, 0.2) is 0 Å². The van der Waals surface area contributed by atoms with Gasteiger partial charge < -0.3 is 0 Å². The molecule has 1 fully saturated rings. The maximum absolute atomic E-state index is 4.91. The van der Waals surface area contributed by atoms with Gasteiger partial charge in [-0.1, -0.05) is 28.7 Å². The predicted octanol–water partition coefficient (Wildman–Crippen LogP) is 3.68. The van der Waals surface area contributed by atoms with Crippen LogP contribution < -0.4 is 0 Å². The van der Waals surface area contributed by atoms with Crippen molar-refractivity contribution in [1.82, 2.24) is 34.6 Å². The molecule has 1 aliphatic rings. The fourth-order valence-electron chi connectivity index (χ4n) is 3.50. The summed E-state index contributed by atoms with van der Waals surface area (Å²) in [6, 6.07) is 12.4. The average molecular weight is 373 g/mol. The van der Waals surface area contributed by atoms with Gasteiger partial charge in [0.05, 0.1) is 11.2 Å². The first-order valence-electron chi connectivity index (χ1n) is 8.87. The lowest BCUT2D eigenvalue weighted by atomic mass is 10.1.